The zero-order chi connectivity index (χ0) is 17.2. The lowest BCUT2D eigenvalue weighted by Gasteiger charge is -2.34. The van der Waals surface area contributed by atoms with Crippen molar-refractivity contribution in [3.63, 3.8) is 0 Å². The van der Waals surface area contributed by atoms with Gasteiger partial charge < -0.3 is 15.1 Å². The third kappa shape index (κ3) is 3.01. The molecule has 2 aromatic carbocycles. The number of amides is 2. The Kier molecular flexibility index (Phi) is 3.98. The van der Waals surface area contributed by atoms with Crippen molar-refractivity contribution in [3.05, 3.63) is 59.7 Å². The number of benzene rings is 2. The second-order valence-corrected chi connectivity index (χ2v) is 6.28. The topological polar surface area (TPSA) is 52.7 Å². The van der Waals surface area contributed by atoms with E-state index in [4.69, 9.17) is 0 Å². The van der Waals surface area contributed by atoms with E-state index in [1.165, 1.54) is 0 Å². The summed E-state index contributed by atoms with van der Waals surface area (Å²) in [5.41, 5.74) is 4.65. The highest BCUT2D eigenvalue weighted by molar-refractivity contribution is 6.34. The third-order valence-electron chi connectivity index (χ3n) is 4.74. The highest BCUT2D eigenvalue weighted by Gasteiger charge is 2.23. The van der Waals surface area contributed by atoms with Crippen molar-refractivity contribution in [1.29, 1.82) is 0 Å². The van der Waals surface area contributed by atoms with E-state index in [0.717, 1.165) is 55.1 Å². The number of anilines is 2. The normalized spacial score (nSPS) is 18.2. The van der Waals surface area contributed by atoms with Crippen molar-refractivity contribution >= 4 is 35.3 Å². The van der Waals surface area contributed by atoms with Crippen LogP contribution in [0.1, 0.15) is 11.1 Å². The van der Waals surface area contributed by atoms with E-state index >= 15 is 0 Å². The lowest BCUT2D eigenvalue weighted by molar-refractivity contribution is -0.118. The van der Waals surface area contributed by atoms with E-state index in [-0.39, 0.29) is 5.91 Å². The molecule has 1 N–H and O–H groups in total. The van der Waals surface area contributed by atoms with E-state index in [1.807, 2.05) is 42.5 Å². The zero-order valence-electron chi connectivity index (χ0n) is 13.8. The van der Waals surface area contributed by atoms with Gasteiger partial charge in [0.25, 0.3) is 5.91 Å². The molecule has 1 fully saturated rings. The number of nitrogens with one attached hydrogen (secondary N) is 1. The highest BCUT2D eigenvalue weighted by Crippen LogP contribution is 2.32. The standard InChI is InChI=1S/C20H19N3O2/c24-14-22-9-11-23(12-10-22)16-7-5-15(6-8-16)13-18-17-3-1-2-4-19(17)21-20(18)25/h1-8,13-14H,9-12H2,(H,21,25). The number of hydrogen-bond donors (Lipinski definition) is 1. The summed E-state index contributed by atoms with van der Waals surface area (Å²) in [7, 11) is 0. The number of piperazine rings is 1. The van der Waals surface area contributed by atoms with Gasteiger partial charge in [-0.3, -0.25) is 9.59 Å². The SMILES string of the molecule is O=CN1CCN(c2ccc(C=C3C(=O)Nc4ccccc43)cc2)CC1. The number of carbonyl (C=O) groups is 2. The lowest BCUT2D eigenvalue weighted by Crippen LogP contribution is -2.45. The fraction of sp³-hybridized carbons (Fsp3) is 0.200. The van der Waals surface area contributed by atoms with Crippen LogP contribution in [-0.4, -0.2) is 43.4 Å². The first-order valence-electron chi connectivity index (χ1n) is 8.41. The van der Waals surface area contributed by atoms with Gasteiger partial charge in [-0.25, -0.2) is 0 Å². The van der Waals surface area contributed by atoms with E-state index in [0.29, 0.717) is 5.57 Å². The van der Waals surface area contributed by atoms with Gasteiger partial charge in [0.15, 0.2) is 0 Å². The molecule has 0 spiro atoms. The van der Waals surface area contributed by atoms with Crippen molar-refractivity contribution in [3.8, 4) is 0 Å². The molecule has 0 unspecified atom stereocenters. The Morgan fingerprint density at radius 1 is 0.920 bits per heavy atom. The second-order valence-electron chi connectivity index (χ2n) is 6.28. The molecule has 126 valence electrons. The van der Waals surface area contributed by atoms with Crippen LogP contribution in [0, 0.1) is 0 Å². The molecule has 2 aliphatic heterocycles. The van der Waals surface area contributed by atoms with Gasteiger partial charge in [0, 0.05) is 48.7 Å². The molecule has 0 aliphatic carbocycles. The van der Waals surface area contributed by atoms with Crippen LogP contribution >= 0.6 is 0 Å². The third-order valence-corrected chi connectivity index (χ3v) is 4.74. The molecular formula is C20H19N3O2. The fourth-order valence-electron chi connectivity index (χ4n) is 3.32. The van der Waals surface area contributed by atoms with Gasteiger partial charge in [-0.2, -0.15) is 0 Å². The molecule has 2 heterocycles. The molecule has 5 nitrogen and oxygen atoms in total. The molecule has 0 atom stereocenters. The average molecular weight is 333 g/mol. The summed E-state index contributed by atoms with van der Waals surface area (Å²) in [6.45, 7) is 3.20. The molecule has 4 rings (SSSR count). The Hall–Kier alpha value is -3.08. The summed E-state index contributed by atoms with van der Waals surface area (Å²) >= 11 is 0. The predicted octanol–water partition coefficient (Wildman–Crippen LogP) is 2.46. The molecule has 2 aromatic rings. The Labute approximate surface area is 146 Å². The molecule has 2 amide bonds. The number of carbonyl (C=O) groups excluding carboxylic acids is 2. The minimum absolute atomic E-state index is 0.0599. The second kappa shape index (κ2) is 6.43. The van der Waals surface area contributed by atoms with Crippen molar-refractivity contribution < 1.29 is 9.59 Å². The van der Waals surface area contributed by atoms with Gasteiger partial charge in [-0.05, 0) is 29.8 Å². The lowest BCUT2D eigenvalue weighted by atomic mass is 10.0. The molecular weight excluding hydrogens is 314 g/mol. The van der Waals surface area contributed by atoms with Crippen LogP contribution in [0.2, 0.25) is 0 Å². The van der Waals surface area contributed by atoms with Crippen LogP contribution in [0.25, 0.3) is 11.6 Å². The van der Waals surface area contributed by atoms with E-state index in [1.54, 1.807) is 4.90 Å². The Balaban J connectivity index is 1.53. The summed E-state index contributed by atoms with van der Waals surface area (Å²) in [6, 6.07) is 15.9. The zero-order valence-corrected chi connectivity index (χ0v) is 13.8. The van der Waals surface area contributed by atoms with Crippen LogP contribution in [0.15, 0.2) is 48.5 Å². The van der Waals surface area contributed by atoms with E-state index < -0.39 is 0 Å². The summed E-state index contributed by atoms with van der Waals surface area (Å²) < 4.78 is 0. The van der Waals surface area contributed by atoms with Gasteiger partial charge in [0.1, 0.15) is 0 Å². The van der Waals surface area contributed by atoms with Crippen molar-refractivity contribution in [2.45, 2.75) is 0 Å². The number of fused-ring (bicyclic) bond motifs is 1. The van der Waals surface area contributed by atoms with Gasteiger partial charge in [-0.1, -0.05) is 30.3 Å². The largest absolute Gasteiger partial charge is 0.368 e. The van der Waals surface area contributed by atoms with Crippen molar-refractivity contribution in [2.75, 3.05) is 36.4 Å². The molecule has 0 saturated carbocycles. The number of para-hydroxylation sites is 1. The number of nitrogens with zero attached hydrogens (tertiary/aromatic N) is 2. The molecule has 5 heteroatoms. The molecule has 2 aliphatic rings. The Morgan fingerprint density at radius 3 is 2.36 bits per heavy atom. The first-order valence-corrected chi connectivity index (χ1v) is 8.41. The van der Waals surface area contributed by atoms with Gasteiger partial charge in [-0.15, -0.1) is 0 Å². The Morgan fingerprint density at radius 2 is 1.64 bits per heavy atom. The van der Waals surface area contributed by atoms with Crippen LogP contribution in [0.5, 0.6) is 0 Å². The Bertz CT molecular complexity index is 834. The number of rotatable bonds is 3. The minimum atomic E-state index is -0.0599. The maximum absolute atomic E-state index is 12.2. The van der Waals surface area contributed by atoms with Crippen molar-refractivity contribution in [1.82, 2.24) is 4.90 Å². The van der Waals surface area contributed by atoms with E-state index in [2.05, 4.69) is 22.3 Å². The molecule has 0 aromatic heterocycles. The maximum Gasteiger partial charge on any atom is 0.256 e. The average Bonchev–Trinajstić information content (AvgIpc) is 2.98. The molecule has 0 radical (unpaired) electrons. The monoisotopic (exact) mass is 333 g/mol. The van der Waals surface area contributed by atoms with Gasteiger partial charge in [0.05, 0.1) is 0 Å². The highest BCUT2D eigenvalue weighted by atomic mass is 16.2. The van der Waals surface area contributed by atoms with Crippen LogP contribution in [0.4, 0.5) is 11.4 Å². The minimum Gasteiger partial charge on any atom is -0.368 e. The van der Waals surface area contributed by atoms with Gasteiger partial charge in [0.2, 0.25) is 6.41 Å². The molecule has 25 heavy (non-hydrogen) atoms. The summed E-state index contributed by atoms with van der Waals surface area (Å²) in [5.74, 6) is -0.0599. The van der Waals surface area contributed by atoms with Gasteiger partial charge >= 0.3 is 0 Å². The fourth-order valence-corrected chi connectivity index (χ4v) is 3.32. The summed E-state index contributed by atoms with van der Waals surface area (Å²) in [5, 5.41) is 2.89. The smallest absolute Gasteiger partial charge is 0.256 e. The quantitative estimate of drug-likeness (QED) is 0.693. The molecule has 1 saturated heterocycles. The van der Waals surface area contributed by atoms with Crippen LogP contribution in [-0.2, 0) is 9.59 Å². The van der Waals surface area contributed by atoms with Crippen molar-refractivity contribution in [2.24, 2.45) is 0 Å². The molecule has 0 bridgehead atoms. The predicted molar refractivity (Wildman–Crippen MR) is 99.2 cm³/mol. The summed E-state index contributed by atoms with van der Waals surface area (Å²) in [6.07, 6.45) is 2.84. The van der Waals surface area contributed by atoms with Crippen LogP contribution < -0.4 is 10.2 Å². The maximum atomic E-state index is 12.2. The summed E-state index contributed by atoms with van der Waals surface area (Å²) in [4.78, 5) is 27.1. The van der Waals surface area contributed by atoms with Crippen LogP contribution in [0.3, 0.4) is 0 Å². The first-order chi connectivity index (χ1) is 12.2. The van der Waals surface area contributed by atoms with E-state index in [9.17, 15) is 9.59 Å². The number of hydrogen-bond acceptors (Lipinski definition) is 3. The first kappa shape index (κ1) is 15.4.